The Balaban J connectivity index is 1.54. The maximum atomic E-state index is 12.8. The van der Waals surface area contributed by atoms with E-state index in [1.54, 1.807) is 25.1 Å². The molecule has 3 aromatic rings. The lowest BCUT2D eigenvalue weighted by molar-refractivity contribution is -0.153. The van der Waals surface area contributed by atoms with Crippen molar-refractivity contribution in [2.45, 2.75) is 63.8 Å². The van der Waals surface area contributed by atoms with Crippen LogP contribution in [-0.4, -0.2) is 44.4 Å². The Labute approximate surface area is 211 Å². The fraction of sp³-hybridized carbons (Fsp3) is 0.462. The minimum absolute atomic E-state index is 0.0240. The van der Waals surface area contributed by atoms with Crippen LogP contribution in [0.5, 0.6) is 5.88 Å². The summed E-state index contributed by atoms with van der Waals surface area (Å²) in [4.78, 5) is 25.4. The highest BCUT2D eigenvalue weighted by Gasteiger charge is 2.43. The van der Waals surface area contributed by atoms with Crippen LogP contribution in [0.2, 0.25) is 0 Å². The van der Waals surface area contributed by atoms with E-state index in [1.807, 2.05) is 20.8 Å². The van der Waals surface area contributed by atoms with Gasteiger partial charge in [0.25, 0.3) is 0 Å². The number of alkyl halides is 3. The Morgan fingerprint density at radius 2 is 1.89 bits per heavy atom. The molecule has 1 saturated carbocycles. The molecule has 5 rings (SSSR count). The zero-order chi connectivity index (χ0) is 26.8. The SMILES string of the molecule is C[C@@H]1c2nc(Nc3cc4c([C@@](C)(O)C5CC5)cnc(OCC(F)(F)F)c4cn3)ccc2C(=O)OC1(C)C. The number of hydrogen-bond acceptors (Lipinski definition) is 8. The summed E-state index contributed by atoms with van der Waals surface area (Å²) in [5, 5.41) is 15.1. The summed E-state index contributed by atoms with van der Waals surface area (Å²) in [5.74, 6) is -0.00997. The van der Waals surface area contributed by atoms with Gasteiger partial charge >= 0.3 is 12.1 Å². The summed E-state index contributed by atoms with van der Waals surface area (Å²) in [6.45, 7) is 5.76. The van der Waals surface area contributed by atoms with Crippen LogP contribution in [0.1, 0.15) is 68.1 Å². The number of carbonyl (C=O) groups is 1. The van der Waals surface area contributed by atoms with Crippen molar-refractivity contribution in [3.63, 3.8) is 0 Å². The number of hydrogen-bond donors (Lipinski definition) is 2. The van der Waals surface area contributed by atoms with E-state index in [0.717, 1.165) is 12.8 Å². The van der Waals surface area contributed by atoms with Crippen LogP contribution in [0.25, 0.3) is 10.8 Å². The number of anilines is 2. The second-order valence-corrected chi connectivity index (χ2v) is 10.4. The second-order valence-electron chi connectivity index (χ2n) is 10.4. The predicted octanol–water partition coefficient (Wildman–Crippen LogP) is 5.38. The topological polar surface area (TPSA) is 106 Å². The summed E-state index contributed by atoms with van der Waals surface area (Å²) in [6.07, 6.45) is -0.121. The van der Waals surface area contributed by atoms with Gasteiger partial charge in [0.05, 0.1) is 22.2 Å². The monoisotopic (exact) mass is 516 g/mol. The highest BCUT2D eigenvalue weighted by atomic mass is 19.4. The number of rotatable bonds is 6. The molecule has 2 aliphatic rings. The average molecular weight is 517 g/mol. The van der Waals surface area contributed by atoms with Gasteiger partial charge in [0.1, 0.15) is 17.2 Å². The number of aromatic nitrogens is 3. The van der Waals surface area contributed by atoms with E-state index in [1.165, 1.54) is 12.4 Å². The summed E-state index contributed by atoms with van der Waals surface area (Å²) in [6, 6.07) is 4.89. The van der Waals surface area contributed by atoms with Crippen molar-refractivity contribution in [1.29, 1.82) is 0 Å². The Morgan fingerprint density at radius 3 is 2.57 bits per heavy atom. The van der Waals surface area contributed by atoms with E-state index >= 15 is 0 Å². The van der Waals surface area contributed by atoms with E-state index < -0.39 is 30.0 Å². The summed E-state index contributed by atoms with van der Waals surface area (Å²) < 4.78 is 48.9. The van der Waals surface area contributed by atoms with Crippen LogP contribution >= 0.6 is 0 Å². The Kier molecular flexibility index (Phi) is 5.82. The molecule has 0 radical (unpaired) electrons. The molecular weight excluding hydrogens is 489 g/mol. The Morgan fingerprint density at radius 1 is 1.16 bits per heavy atom. The van der Waals surface area contributed by atoms with Gasteiger partial charge in [0.15, 0.2) is 6.61 Å². The van der Waals surface area contributed by atoms with Crippen LogP contribution in [0.3, 0.4) is 0 Å². The normalized spacial score (nSPS) is 20.6. The van der Waals surface area contributed by atoms with Crippen LogP contribution in [0.4, 0.5) is 24.8 Å². The van der Waals surface area contributed by atoms with Gasteiger partial charge in [-0.3, -0.25) is 0 Å². The number of cyclic esters (lactones) is 1. The zero-order valence-electron chi connectivity index (χ0n) is 20.8. The molecule has 196 valence electrons. The number of ether oxygens (including phenoxy) is 2. The number of fused-ring (bicyclic) bond motifs is 2. The number of nitrogens with one attached hydrogen (secondary N) is 1. The number of aliphatic hydroxyl groups is 1. The number of esters is 1. The smallest absolute Gasteiger partial charge is 0.422 e. The lowest BCUT2D eigenvalue weighted by Gasteiger charge is -2.36. The molecule has 0 unspecified atom stereocenters. The zero-order valence-corrected chi connectivity index (χ0v) is 20.8. The van der Waals surface area contributed by atoms with Crippen LogP contribution < -0.4 is 10.1 Å². The standard InChI is InChI=1S/C26H27F3N4O4/c1-13-21-15(23(34)37-24(13,2)3)7-8-19(33-21)32-20-9-16-17(10-30-20)22(36-12-26(27,28)29)31-11-18(16)25(4,35)14-5-6-14/h7-11,13-14,35H,5-6,12H2,1-4H3,(H,30,32,33)/t13-,25+/m1/s1. The van der Waals surface area contributed by atoms with E-state index in [4.69, 9.17) is 9.47 Å². The minimum atomic E-state index is -4.53. The van der Waals surface area contributed by atoms with Gasteiger partial charge in [-0.15, -0.1) is 0 Å². The third kappa shape index (κ3) is 4.79. The second kappa shape index (κ2) is 8.54. The van der Waals surface area contributed by atoms with Crippen molar-refractivity contribution in [3.8, 4) is 5.88 Å². The molecular formula is C26H27F3N4O4. The van der Waals surface area contributed by atoms with E-state index in [2.05, 4.69) is 20.3 Å². The maximum Gasteiger partial charge on any atom is 0.422 e. The van der Waals surface area contributed by atoms with E-state index in [0.29, 0.717) is 33.8 Å². The fourth-order valence-corrected chi connectivity index (χ4v) is 4.60. The highest BCUT2D eigenvalue weighted by Crippen LogP contribution is 2.48. The van der Waals surface area contributed by atoms with E-state index in [-0.39, 0.29) is 23.1 Å². The van der Waals surface area contributed by atoms with Gasteiger partial charge in [-0.2, -0.15) is 13.2 Å². The third-order valence-corrected chi connectivity index (χ3v) is 7.24. The molecule has 37 heavy (non-hydrogen) atoms. The fourth-order valence-electron chi connectivity index (χ4n) is 4.60. The van der Waals surface area contributed by atoms with Gasteiger partial charge in [0, 0.05) is 23.9 Å². The van der Waals surface area contributed by atoms with Crippen molar-refractivity contribution >= 4 is 28.4 Å². The van der Waals surface area contributed by atoms with Crippen LogP contribution in [0, 0.1) is 5.92 Å². The third-order valence-electron chi connectivity index (χ3n) is 7.24. The molecule has 1 aliphatic heterocycles. The minimum Gasteiger partial charge on any atom is -0.468 e. The first-order valence-electron chi connectivity index (χ1n) is 12.0. The quantitative estimate of drug-likeness (QED) is 0.421. The molecule has 4 heterocycles. The van der Waals surface area contributed by atoms with Crippen molar-refractivity contribution in [2.24, 2.45) is 5.92 Å². The molecule has 2 atom stereocenters. The highest BCUT2D eigenvalue weighted by molar-refractivity contribution is 5.93. The van der Waals surface area contributed by atoms with Gasteiger partial charge in [-0.25, -0.2) is 19.7 Å². The van der Waals surface area contributed by atoms with Gasteiger partial charge in [0.2, 0.25) is 5.88 Å². The lowest BCUT2D eigenvalue weighted by Crippen LogP contribution is -2.39. The molecule has 0 aromatic carbocycles. The molecule has 0 spiro atoms. The summed E-state index contributed by atoms with van der Waals surface area (Å²) in [5.41, 5.74) is -0.482. The van der Waals surface area contributed by atoms with Gasteiger partial charge in [-0.05, 0) is 63.1 Å². The molecule has 0 saturated heterocycles. The first-order chi connectivity index (χ1) is 17.3. The number of nitrogens with zero attached hydrogens (tertiary/aromatic N) is 3. The molecule has 11 heteroatoms. The molecule has 8 nitrogen and oxygen atoms in total. The summed E-state index contributed by atoms with van der Waals surface area (Å²) in [7, 11) is 0. The summed E-state index contributed by atoms with van der Waals surface area (Å²) >= 11 is 0. The lowest BCUT2D eigenvalue weighted by atomic mass is 9.84. The molecule has 1 aliphatic carbocycles. The molecule has 3 aromatic heterocycles. The molecule has 0 bridgehead atoms. The Bertz CT molecular complexity index is 1390. The molecule has 1 fully saturated rings. The first kappa shape index (κ1) is 25.2. The van der Waals surface area contributed by atoms with Gasteiger partial charge < -0.3 is 19.9 Å². The first-order valence-corrected chi connectivity index (χ1v) is 12.0. The van der Waals surface area contributed by atoms with Gasteiger partial charge in [-0.1, -0.05) is 6.92 Å². The van der Waals surface area contributed by atoms with Crippen LogP contribution in [0.15, 0.2) is 30.6 Å². The average Bonchev–Trinajstić information content (AvgIpc) is 3.66. The number of halogens is 3. The molecule has 2 N–H and O–H groups in total. The van der Waals surface area contributed by atoms with Crippen molar-refractivity contribution in [2.75, 3.05) is 11.9 Å². The van der Waals surface area contributed by atoms with Crippen molar-refractivity contribution < 1.29 is 32.5 Å². The van der Waals surface area contributed by atoms with Crippen molar-refractivity contribution in [3.05, 3.63) is 47.4 Å². The number of pyridine rings is 3. The molecule has 0 amide bonds. The number of carbonyl (C=O) groups excluding carboxylic acids is 1. The van der Waals surface area contributed by atoms with E-state index in [9.17, 15) is 23.1 Å². The van der Waals surface area contributed by atoms with Crippen LogP contribution in [-0.2, 0) is 10.3 Å². The largest absolute Gasteiger partial charge is 0.468 e. The Hall–Kier alpha value is -3.47. The maximum absolute atomic E-state index is 12.8. The van der Waals surface area contributed by atoms with Crippen molar-refractivity contribution in [1.82, 2.24) is 15.0 Å². The predicted molar refractivity (Wildman–Crippen MR) is 129 cm³/mol.